The maximum atomic E-state index is 12.9. The Balaban J connectivity index is 2.00. The number of aromatic nitrogens is 1. The summed E-state index contributed by atoms with van der Waals surface area (Å²) in [5, 5.41) is 8.71. The van der Waals surface area contributed by atoms with Gasteiger partial charge in [-0.15, -0.1) is 0 Å². The lowest BCUT2D eigenvalue weighted by molar-refractivity contribution is -0.142. The van der Waals surface area contributed by atoms with Crippen molar-refractivity contribution in [3.05, 3.63) is 27.5 Å². The number of H-pyrrole nitrogens is 1. The van der Waals surface area contributed by atoms with Crippen LogP contribution in [0.15, 0.2) is 15.9 Å². The third kappa shape index (κ3) is 5.53. The molecular formula is C16H17F3N2O3S. The van der Waals surface area contributed by atoms with Crippen LogP contribution < -0.4 is 5.56 Å². The lowest BCUT2D eigenvalue weighted by Gasteiger charge is -2.21. The van der Waals surface area contributed by atoms with Crippen molar-refractivity contribution in [3.63, 3.8) is 0 Å². The van der Waals surface area contributed by atoms with Crippen LogP contribution in [0.1, 0.15) is 43.2 Å². The van der Waals surface area contributed by atoms with Gasteiger partial charge >= 0.3 is 12.1 Å². The van der Waals surface area contributed by atoms with Crippen LogP contribution in [0.3, 0.4) is 0 Å². The van der Waals surface area contributed by atoms with E-state index in [2.05, 4.69) is 4.98 Å². The van der Waals surface area contributed by atoms with Crippen LogP contribution in [0.2, 0.25) is 0 Å². The SMILES string of the molecule is N#Cc1c(C(F)(F)F)cc(=O)[nH]c1SCC(=O)OCC1CCCCC1. The van der Waals surface area contributed by atoms with Gasteiger partial charge in [-0.3, -0.25) is 9.59 Å². The Labute approximate surface area is 146 Å². The zero-order valence-electron chi connectivity index (χ0n) is 13.3. The molecule has 9 heteroatoms. The molecule has 2 rings (SSSR count). The normalized spacial score (nSPS) is 15.6. The second-order valence-electron chi connectivity index (χ2n) is 5.84. The fourth-order valence-corrected chi connectivity index (χ4v) is 3.53. The second-order valence-corrected chi connectivity index (χ2v) is 6.82. The molecule has 0 atom stereocenters. The number of pyridine rings is 1. The second kappa shape index (κ2) is 8.43. The van der Waals surface area contributed by atoms with Crippen molar-refractivity contribution in [2.75, 3.05) is 12.4 Å². The molecule has 1 saturated carbocycles. The predicted octanol–water partition coefficient (Wildman–Crippen LogP) is 3.48. The summed E-state index contributed by atoms with van der Waals surface area (Å²) in [5.74, 6) is -0.540. The number of thioether (sulfide) groups is 1. The predicted molar refractivity (Wildman–Crippen MR) is 85.0 cm³/mol. The number of ether oxygens (including phenoxy) is 1. The summed E-state index contributed by atoms with van der Waals surface area (Å²) >= 11 is 0.658. The number of nitrogens with zero attached hydrogens (tertiary/aromatic N) is 1. The topological polar surface area (TPSA) is 83.0 Å². The summed E-state index contributed by atoms with van der Waals surface area (Å²) in [4.78, 5) is 25.4. The Bertz CT molecular complexity index is 719. The molecule has 0 aromatic carbocycles. The smallest absolute Gasteiger partial charge is 0.417 e. The van der Waals surface area contributed by atoms with Crippen LogP contribution in [-0.2, 0) is 15.7 Å². The van der Waals surface area contributed by atoms with Gasteiger partial charge in [-0.2, -0.15) is 18.4 Å². The van der Waals surface area contributed by atoms with Gasteiger partial charge in [-0.05, 0) is 18.8 Å². The Hall–Kier alpha value is -1.95. The molecule has 1 N–H and O–H groups in total. The summed E-state index contributed by atoms with van der Waals surface area (Å²) in [6.07, 6.45) is 0.568. The maximum absolute atomic E-state index is 12.9. The molecule has 0 aliphatic heterocycles. The Kier molecular flexibility index (Phi) is 6.53. The van der Waals surface area contributed by atoms with Gasteiger partial charge in [0.2, 0.25) is 5.56 Å². The van der Waals surface area contributed by atoms with E-state index < -0.39 is 28.8 Å². The molecule has 1 aromatic rings. The zero-order valence-corrected chi connectivity index (χ0v) is 14.1. The monoisotopic (exact) mass is 374 g/mol. The van der Waals surface area contributed by atoms with Crippen molar-refractivity contribution < 1.29 is 22.7 Å². The van der Waals surface area contributed by atoms with Gasteiger partial charge < -0.3 is 9.72 Å². The fraction of sp³-hybridized carbons (Fsp3) is 0.562. The minimum absolute atomic E-state index is 0.279. The van der Waals surface area contributed by atoms with Crippen LogP contribution in [-0.4, -0.2) is 23.3 Å². The average molecular weight is 374 g/mol. The van der Waals surface area contributed by atoms with Crippen molar-refractivity contribution in [2.24, 2.45) is 5.92 Å². The van der Waals surface area contributed by atoms with Crippen LogP contribution in [0, 0.1) is 17.2 Å². The number of carbonyl (C=O) groups excluding carboxylic acids is 1. The minimum Gasteiger partial charge on any atom is -0.465 e. The molecule has 1 aliphatic carbocycles. The number of aromatic amines is 1. The summed E-state index contributed by atoms with van der Waals surface area (Å²) in [5.41, 5.74) is -2.99. The molecule has 1 fully saturated rings. The average Bonchev–Trinajstić information content (AvgIpc) is 2.57. The summed E-state index contributed by atoms with van der Waals surface area (Å²) < 4.78 is 43.9. The van der Waals surface area contributed by atoms with E-state index in [-0.39, 0.29) is 10.8 Å². The van der Waals surface area contributed by atoms with Crippen molar-refractivity contribution >= 4 is 17.7 Å². The molecular weight excluding hydrogens is 357 g/mol. The number of esters is 1. The van der Waals surface area contributed by atoms with Gasteiger partial charge in [0, 0.05) is 6.07 Å². The van der Waals surface area contributed by atoms with E-state index in [1.807, 2.05) is 0 Å². The minimum atomic E-state index is -4.82. The van der Waals surface area contributed by atoms with Crippen molar-refractivity contribution in [1.29, 1.82) is 5.26 Å². The number of nitrogens with one attached hydrogen (secondary N) is 1. The largest absolute Gasteiger partial charge is 0.465 e. The van der Waals surface area contributed by atoms with Crippen LogP contribution in [0.5, 0.6) is 0 Å². The van der Waals surface area contributed by atoms with Crippen LogP contribution >= 0.6 is 11.8 Å². The van der Waals surface area contributed by atoms with E-state index in [1.165, 1.54) is 12.5 Å². The van der Waals surface area contributed by atoms with Crippen molar-refractivity contribution in [1.82, 2.24) is 4.98 Å². The molecule has 5 nitrogen and oxygen atoms in total. The quantitative estimate of drug-likeness (QED) is 0.630. The highest BCUT2D eigenvalue weighted by Gasteiger charge is 2.35. The van der Waals surface area contributed by atoms with Gasteiger partial charge in [0.15, 0.2) is 0 Å². The molecule has 0 unspecified atom stereocenters. The molecule has 25 heavy (non-hydrogen) atoms. The number of nitriles is 1. The van der Waals surface area contributed by atoms with Gasteiger partial charge in [0.1, 0.15) is 6.07 Å². The highest BCUT2D eigenvalue weighted by Crippen LogP contribution is 2.34. The number of alkyl halides is 3. The standard InChI is InChI=1S/C16H17F3N2O3S/c17-16(18,19)12-6-13(22)21-15(11(12)7-20)25-9-14(23)24-8-10-4-2-1-3-5-10/h6,10H,1-5,8-9H2,(H,21,22). The molecule has 1 heterocycles. The molecule has 0 amide bonds. The molecule has 0 saturated heterocycles. The van der Waals surface area contributed by atoms with Crippen LogP contribution in [0.4, 0.5) is 13.2 Å². The van der Waals surface area contributed by atoms with E-state index in [0.29, 0.717) is 30.4 Å². The van der Waals surface area contributed by atoms with Gasteiger partial charge in [-0.25, -0.2) is 0 Å². The lowest BCUT2D eigenvalue weighted by Crippen LogP contribution is -2.19. The van der Waals surface area contributed by atoms with E-state index in [1.54, 1.807) is 0 Å². The number of hydrogen-bond acceptors (Lipinski definition) is 5. The first-order valence-electron chi connectivity index (χ1n) is 7.84. The van der Waals surface area contributed by atoms with E-state index in [0.717, 1.165) is 25.7 Å². The third-order valence-electron chi connectivity index (χ3n) is 3.96. The Morgan fingerprint density at radius 2 is 2.04 bits per heavy atom. The number of carbonyl (C=O) groups is 1. The zero-order chi connectivity index (χ0) is 18.4. The first-order chi connectivity index (χ1) is 11.8. The first kappa shape index (κ1) is 19.4. The summed E-state index contributed by atoms with van der Waals surface area (Å²) in [7, 11) is 0. The Morgan fingerprint density at radius 1 is 1.36 bits per heavy atom. The van der Waals surface area contributed by atoms with Gasteiger partial charge in [-0.1, -0.05) is 31.0 Å². The number of halogens is 3. The summed E-state index contributed by atoms with van der Waals surface area (Å²) in [6.45, 7) is 0.295. The summed E-state index contributed by atoms with van der Waals surface area (Å²) in [6, 6.07) is 1.78. The van der Waals surface area contributed by atoms with E-state index in [4.69, 9.17) is 10.00 Å². The van der Waals surface area contributed by atoms with E-state index in [9.17, 15) is 22.8 Å². The highest BCUT2D eigenvalue weighted by atomic mass is 32.2. The fourth-order valence-electron chi connectivity index (χ4n) is 2.72. The molecule has 1 aliphatic rings. The molecule has 136 valence electrons. The number of hydrogen-bond donors (Lipinski definition) is 1. The molecule has 1 aromatic heterocycles. The lowest BCUT2D eigenvalue weighted by atomic mass is 9.90. The van der Waals surface area contributed by atoms with Gasteiger partial charge in [0.25, 0.3) is 0 Å². The maximum Gasteiger partial charge on any atom is 0.417 e. The molecule has 0 spiro atoms. The third-order valence-corrected chi connectivity index (χ3v) is 4.94. The first-order valence-corrected chi connectivity index (χ1v) is 8.83. The molecule has 0 radical (unpaired) electrons. The Morgan fingerprint density at radius 3 is 2.64 bits per heavy atom. The van der Waals surface area contributed by atoms with Crippen LogP contribution in [0.25, 0.3) is 0 Å². The molecule has 0 bridgehead atoms. The number of rotatable bonds is 5. The van der Waals surface area contributed by atoms with Gasteiger partial charge in [0.05, 0.1) is 28.5 Å². The highest BCUT2D eigenvalue weighted by molar-refractivity contribution is 7.99. The van der Waals surface area contributed by atoms with Crippen molar-refractivity contribution in [3.8, 4) is 6.07 Å². The van der Waals surface area contributed by atoms with E-state index >= 15 is 0 Å². The van der Waals surface area contributed by atoms with Crippen molar-refractivity contribution in [2.45, 2.75) is 43.3 Å².